The molecular formula is C17H13BrN2O4. The first-order valence-electron chi connectivity index (χ1n) is 7.46. The van der Waals surface area contributed by atoms with E-state index in [-0.39, 0.29) is 18.2 Å². The van der Waals surface area contributed by atoms with Gasteiger partial charge >= 0.3 is 0 Å². The normalized spacial score (nSPS) is 18.2. The van der Waals surface area contributed by atoms with Crippen LogP contribution in [0.15, 0.2) is 47.1 Å². The van der Waals surface area contributed by atoms with Gasteiger partial charge in [-0.2, -0.15) is 0 Å². The molecule has 7 heteroatoms. The van der Waals surface area contributed by atoms with Crippen LogP contribution in [0.4, 0.5) is 5.69 Å². The maximum absolute atomic E-state index is 13.0. The van der Waals surface area contributed by atoms with Gasteiger partial charge in [0.1, 0.15) is 5.69 Å². The van der Waals surface area contributed by atoms with Crippen LogP contribution in [0.1, 0.15) is 16.1 Å². The number of nitrogens with zero attached hydrogens (tertiary/aromatic N) is 2. The van der Waals surface area contributed by atoms with Crippen molar-refractivity contribution in [2.45, 2.75) is 5.79 Å². The van der Waals surface area contributed by atoms with Crippen molar-refractivity contribution in [3.63, 3.8) is 0 Å². The molecule has 0 unspecified atom stereocenters. The van der Waals surface area contributed by atoms with Gasteiger partial charge in [0.15, 0.2) is 0 Å². The number of hydrogen-bond acceptors (Lipinski definition) is 5. The third-order valence-corrected chi connectivity index (χ3v) is 4.57. The van der Waals surface area contributed by atoms with Crippen LogP contribution in [0, 0.1) is 0 Å². The number of pyridine rings is 1. The number of ketones is 1. The Bertz CT molecular complexity index is 819. The first kappa shape index (κ1) is 15.4. The summed E-state index contributed by atoms with van der Waals surface area (Å²) >= 11 is 3.40. The molecule has 122 valence electrons. The van der Waals surface area contributed by atoms with Crippen LogP contribution in [-0.4, -0.2) is 36.4 Å². The van der Waals surface area contributed by atoms with Gasteiger partial charge in [0.05, 0.1) is 25.4 Å². The number of hydrogen-bond donors (Lipinski definition) is 0. The van der Waals surface area contributed by atoms with E-state index in [2.05, 4.69) is 20.9 Å². The van der Waals surface area contributed by atoms with Gasteiger partial charge in [-0.1, -0.05) is 22.0 Å². The van der Waals surface area contributed by atoms with E-state index in [1.165, 1.54) is 4.90 Å². The zero-order valence-electron chi connectivity index (χ0n) is 12.6. The molecule has 0 N–H and O–H groups in total. The Morgan fingerprint density at radius 2 is 2.04 bits per heavy atom. The number of fused-ring (bicyclic) bond motifs is 2. The maximum atomic E-state index is 13.0. The van der Waals surface area contributed by atoms with Crippen LogP contribution in [0.25, 0.3) is 0 Å². The lowest BCUT2D eigenvalue weighted by atomic mass is 10.1. The molecule has 2 aromatic rings. The highest BCUT2D eigenvalue weighted by Crippen LogP contribution is 2.46. The van der Waals surface area contributed by atoms with Gasteiger partial charge < -0.3 is 9.47 Å². The molecule has 0 atom stereocenters. The van der Waals surface area contributed by atoms with Crippen molar-refractivity contribution >= 4 is 33.3 Å². The minimum Gasteiger partial charge on any atom is -0.336 e. The number of halogens is 1. The number of benzene rings is 1. The molecule has 24 heavy (non-hydrogen) atoms. The van der Waals surface area contributed by atoms with Crippen molar-refractivity contribution in [1.29, 1.82) is 0 Å². The van der Waals surface area contributed by atoms with Gasteiger partial charge in [-0.15, -0.1) is 0 Å². The minimum absolute atomic E-state index is 0.112. The van der Waals surface area contributed by atoms with E-state index in [0.717, 1.165) is 4.47 Å². The Labute approximate surface area is 146 Å². The Kier molecular flexibility index (Phi) is 3.71. The second kappa shape index (κ2) is 5.77. The zero-order valence-corrected chi connectivity index (χ0v) is 14.2. The van der Waals surface area contributed by atoms with E-state index in [0.29, 0.717) is 30.2 Å². The highest BCUT2D eigenvalue weighted by molar-refractivity contribution is 9.10. The van der Waals surface area contributed by atoms with Gasteiger partial charge in [-0.3, -0.25) is 19.5 Å². The summed E-state index contributed by atoms with van der Waals surface area (Å²) in [6, 6.07) is 10.5. The topological polar surface area (TPSA) is 68.7 Å². The lowest BCUT2D eigenvalue weighted by Gasteiger charge is -2.21. The van der Waals surface area contributed by atoms with E-state index in [1.807, 2.05) is 6.07 Å². The lowest BCUT2D eigenvalue weighted by molar-refractivity contribution is -0.180. The molecule has 2 aliphatic heterocycles. The number of amides is 1. The third kappa shape index (κ3) is 2.28. The summed E-state index contributed by atoms with van der Waals surface area (Å²) in [6.07, 6.45) is 1.55. The Hall–Kier alpha value is -2.09. The second-order valence-corrected chi connectivity index (χ2v) is 6.42. The molecule has 3 heterocycles. The standard InChI is InChI=1S/C17H13BrN2O4/c18-11-4-5-14-12(9-11)17(23-7-8-24-17)16(22)20(14)10-15(21)13-3-1-2-6-19-13/h1-6,9H,7-8,10H2. The summed E-state index contributed by atoms with van der Waals surface area (Å²) in [6.45, 7) is 0.554. The second-order valence-electron chi connectivity index (χ2n) is 5.50. The molecule has 0 bridgehead atoms. The predicted molar refractivity (Wildman–Crippen MR) is 88.6 cm³/mol. The van der Waals surface area contributed by atoms with E-state index in [4.69, 9.17) is 9.47 Å². The molecule has 1 saturated heterocycles. The molecule has 1 aromatic heterocycles. The smallest absolute Gasteiger partial charge is 0.292 e. The van der Waals surface area contributed by atoms with Gasteiger partial charge in [-0.25, -0.2) is 0 Å². The highest BCUT2D eigenvalue weighted by Gasteiger charge is 2.56. The van der Waals surface area contributed by atoms with Crippen molar-refractivity contribution in [1.82, 2.24) is 4.98 Å². The molecule has 6 nitrogen and oxygen atoms in total. The first-order valence-corrected chi connectivity index (χ1v) is 8.25. The van der Waals surface area contributed by atoms with Crippen molar-refractivity contribution in [3.8, 4) is 0 Å². The average molecular weight is 389 g/mol. The fourth-order valence-electron chi connectivity index (χ4n) is 3.01. The Morgan fingerprint density at radius 1 is 1.25 bits per heavy atom. The SMILES string of the molecule is O=C(CN1C(=O)C2(OCCO2)c2cc(Br)ccc21)c1ccccn1. The van der Waals surface area contributed by atoms with Crippen molar-refractivity contribution in [3.05, 3.63) is 58.3 Å². The van der Waals surface area contributed by atoms with Crippen molar-refractivity contribution in [2.75, 3.05) is 24.7 Å². The number of ether oxygens (including phenoxy) is 2. The molecule has 2 aliphatic rings. The van der Waals surface area contributed by atoms with Gasteiger partial charge in [0, 0.05) is 16.2 Å². The number of anilines is 1. The molecule has 1 aromatic carbocycles. The van der Waals surface area contributed by atoms with Crippen LogP contribution in [0.2, 0.25) is 0 Å². The average Bonchev–Trinajstić information content (AvgIpc) is 3.17. The molecular weight excluding hydrogens is 376 g/mol. The zero-order chi connectivity index (χ0) is 16.7. The molecule has 1 amide bonds. The first-order chi connectivity index (χ1) is 11.6. The van der Waals surface area contributed by atoms with E-state index in [1.54, 1.807) is 36.5 Å². The van der Waals surface area contributed by atoms with Gasteiger partial charge in [0.2, 0.25) is 5.78 Å². The number of carbonyl (C=O) groups is 2. The summed E-state index contributed by atoms with van der Waals surface area (Å²) in [5, 5.41) is 0. The number of Topliss-reactive ketones (excluding diaryl/α,β-unsaturated/α-hetero) is 1. The number of rotatable bonds is 3. The quantitative estimate of drug-likeness (QED) is 0.754. The molecule has 1 spiro atoms. The Balaban J connectivity index is 1.72. The highest BCUT2D eigenvalue weighted by atomic mass is 79.9. The molecule has 0 saturated carbocycles. The fraction of sp³-hybridized carbons (Fsp3) is 0.235. The predicted octanol–water partition coefficient (Wildman–Crippen LogP) is 2.27. The Morgan fingerprint density at radius 3 is 2.75 bits per heavy atom. The molecule has 0 radical (unpaired) electrons. The molecule has 1 fully saturated rings. The van der Waals surface area contributed by atoms with E-state index < -0.39 is 5.79 Å². The van der Waals surface area contributed by atoms with Crippen LogP contribution in [0.5, 0.6) is 0 Å². The van der Waals surface area contributed by atoms with Gasteiger partial charge in [0.25, 0.3) is 11.7 Å². The summed E-state index contributed by atoms with van der Waals surface area (Å²) in [7, 11) is 0. The molecule has 4 rings (SSSR count). The fourth-order valence-corrected chi connectivity index (χ4v) is 3.37. The van der Waals surface area contributed by atoms with Gasteiger partial charge in [-0.05, 0) is 30.3 Å². The summed E-state index contributed by atoms with van der Waals surface area (Å²) in [5.74, 6) is -2.06. The summed E-state index contributed by atoms with van der Waals surface area (Å²) in [4.78, 5) is 30.9. The summed E-state index contributed by atoms with van der Waals surface area (Å²) in [5.41, 5.74) is 1.56. The van der Waals surface area contributed by atoms with Crippen molar-refractivity contribution in [2.24, 2.45) is 0 Å². The van der Waals surface area contributed by atoms with E-state index in [9.17, 15) is 9.59 Å². The van der Waals surface area contributed by atoms with Crippen LogP contribution >= 0.6 is 15.9 Å². The van der Waals surface area contributed by atoms with E-state index >= 15 is 0 Å². The monoisotopic (exact) mass is 388 g/mol. The lowest BCUT2D eigenvalue weighted by Crippen LogP contribution is -2.43. The van der Waals surface area contributed by atoms with Crippen LogP contribution in [0.3, 0.4) is 0 Å². The maximum Gasteiger partial charge on any atom is 0.292 e. The molecule has 0 aliphatic carbocycles. The van der Waals surface area contributed by atoms with Crippen molar-refractivity contribution < 1.29 is 19.1 Å². The van der Waals surface area contributed by atoms with Crippen LogP contribution in [-0.2, 0) is 20.1 Å². The largest absolute Gasteiger partial charge is 0.336 e. The number of aromatic nitrogens is 1. The third-order valence-electron chi connectivity index (χ3n) is 4.08. The minimum atomic E-state index is -1.44. The summed E-state index contributed by atoms with van der Waals surface area (Å²) < 4.78 is 12.1. The van der Waals surface area contributed by atoms with Crippen LogP contribution < -0.4 is 4.90 Å². The number of carbonyl (C=O) groups excluding carboxylic acids is 2.